The highest BCUT2D eigenvalue weighted by Crippen LogP contribution is 2.28. The van der Waals surface area contributed by atoms with Gasteiger partial charge >= 0.3 is 17.8 Å². The summed E-state index contributed by atoms with van der Waals surface area (Å²) in [4.78, 5) is 36.6. The summed E-state index contributed by atoms with van der Waals surface area (Å²) < 4.78 is 15.7. The number of hydrazone groups is 1. The van der Waals surface area contributed by atoms with Crippen molar-refractivity contribution in [1.29, 1.82) is 0 Å². The van der Waals surface area contributed by atoms with Gasteiger partial charge < -0.3 is 19.5 Å². The summed E-state index contributed by atoms with van der Waals surface area (Å²) in [5, 5.41) is 6.24. The number of nitrogens with zero attached hydrogens (tertiary/aromatic N) is 1. The molecule has 9 nitrogen and oxygen atoms in total. The predicted octanol–water partition coefficient (Wildman–Crippen LogP) is 3.32. The number of hydrogen-bond donors (Lipinski definition) is 2. The van der Waals surface area contributed by atoms with Crippen molar-refractivity contribution in [3.63, 3.8) is 0 Å². The van der Waals surface area contributed by atoms with E-state index in [9.17, 15) is 14.4 Å². The minimum absolute atomic E-state index is 0.301. The van der Waals surface area contributed by atoms with Crippen LogP contribution in [-0.4, -0.2) is 38.2 Å². The summed E-state index contributed by atoms with van der Waals surface area (Å²) >= 11 is 0. The van der Waals surface area contributed by atoms with Gasteiger partial charge in [0.05, 0.1) is 31.7 Å². The molecule has 0 atom stereocenters. The van der Waals surface area contributed by atoms with Crippen molar-refractivity contribution < 1.29 is 28.6 Å². The molecule has 3 rings (SSSR count). The first-order chi connectivity index (χ1) is 16.4. The number of ether oxygens (including phenoxy) is 3. The average molecular weight is 461 g/mol. The summed E-state index contributed by atoms with van der Waals surface area (Å²) in [7, 11) is 2.93. The van der Waals surface area contributed by atoms with Gasteiger partial charge in [-0.15, -0.1) is 0 Å². The van der Waals surface area contributed by atoms with Gasteiger partial charge in [0, 0.05) is 6.07 Å². The Hall–Kier alpha value is -4.66. The first-order valence-electron chi connectivity index (χ1n) is 10.1. The minimum Gasteiger partial charge on any atom is -0.497 e. The van der Waals surface area contributed by atoms with Crippen LogP contribution in [0, 0.1) is 6.92 Å². The molecule has 0 saturated carbocycles. The maximum absolute atomic E-state index is 12.3. The number of carbonyl (C=O) groups is 3. The maximum atomic E-state index is 12.3. The number of hydrogen-bond acceptors (Lipinski definition) is 7. The Labute approximate surface area is 196 Å². The summed E-state index contributed by atoms with van der Waals surface area (Å²) in [5.41, 5.74) is 4.38. The van der Waals surface area contributed by atoms with Gasteiger partial charge in [0.2, 0.25) is 0 Å². The third-order valence-corrected chi connectivity index (χ3v) is 4.57. The number of methoxy groups -OCH3 is 2. The molecule has 0 aliphatic carbocycles. The lowest BCUT2D eigenvalue weighted by atomic mass is 10.1. The molecule has 174 valence electrons. The van der Waals surface area contributed by atoms with E-state index in [-0.39, 0.29) is 0 Å². The van der Waals surface area contributed by atoms with Gasteiger partial charge in [-0.3, -0.25) is 9.59 Å². The van der Waals surface area contributed by atoms with Crippen LogP contribution in [0.4, 0.5) is 5.69 Å². The van der Waals surface area contributed by atoms with Gasteiger partial charge in [0.15, 0.2) is 0 Å². The Morgan fingerprint density at radius 2 is 1.65 bits per heavy atom. The van der Waals surface area contributed by atoms with E-state index in [1.807, 2.05) is 13.0 Å². The summed E-state index contributed by atoms with van der Waals surface area (Å²) in [6, 6.07) is 18.4. The van der Waals surface area contributed by atoms with Crippen molar-refractivity contribution in [3.05, 3.63) is 83.4 Å². The normalized spacial score (nSPS) is 10.4. The molecule has 0 bridgehead atoms. The zero-order chi connectivity index (χ0) is 24.5. The van der Waals surface area contributed by atoms with E-state index in [0.29, 0.717) is 34.1 Å². The van der Waals surface area contributed by atoms with E-state index in [4.69, 9.17) is 14.2 Å². The second-order valence-corrected chi connectivity index (χ2v) is 7.05. The SMILES string of the molecule is COc1ccc(NC(=O)C(=O)NN=Cc2cccc(OC(=O)c3cccc(C)c3)c2)c(OC)c1. The largest absolute Gasteiger partial charge is 0.497 e. The second-order valence-electron chi connectivity index (χ2n) is 7.05. The quantitative estimate of drug-likeness (QED) is 0.183. The van der Waals surface area contributed by atoms with Crippen molar-refractivity contribution >= 4 is 29.7 Å². The summed E-state index contributed by atoms with van der Waals surface area (Å²) in [6.07, 6.45) is 1.32. The topological polar surface area (TPSA) is 115 Å². The zero-order valence-electron chi connectivity index (χ0n) is 18.8. The fourth-order valence-corrected chi connectivity index (χ4v) is 2.89. The molecule has 0 saturated heterocycles. The summed E-state index contributed by atoms with van der Waals surface area (Å²) in [6.45, 7) is 1.88. The Morgan fingerprint density at radius 3 is 2.38 bits per heavy atom. The molecule has 2 N–H and O–H groups in total. The van der Waals surface area contributed by atoms with Crippen LogP contribution in [-0.2, 0) is 9.59 Å². The molecule has 34 heavy (non-hydrogen) atoms. The third kappa shape index (κ3) is 6.42. The van der Waals surface area contributed by atoms with Gasteiger partial charge in [-0.1, -0.05) is 29.8 Å². The Bertz CT molecular complexity index is 1240. The highest BCUT2D eigenvalue weighted by Gasteiger charge is 2.16. The number of nitrogens with one attached hydrogen (secondary N) is 2. The number of rotatable bonds is 7. The molecule has 0 unspecified atom stereocenters. The highest BCUT2D eigenvalue weighted by molar-refractivity contribution is 6.39. The van der Waals surface area contributed by atoms with Crippen molar-refractivity contribution in [1.82, 2.24) is 5.43 Å². The number of carbonyl (C=O) groups excluding carboxylic acids is 3. The molecule has 0 aromatic heterocycles. The highest BCUT2D eigenvalue weighted by atomic mass is 16.5. The van der Waals surface area contributed by atoms with Crippen molar-refractivity contribution in [3.8, 4) is 17.2 Å². The lowest BCUT2D eigenvalue weighted by molar-refractivity contribution is -0.136. The third-order valence-electron chi connectivity index (χ3n) is 4.57. The number of anilines is 1. The Balaban J connectivity index is 1.58. The average Bonchev–Trinajstić information content (AvgIpc) is 2.84. The van der Waals surface area contributed by atoms with Crippen LogP contribution in [0.2, 0.25) is 0 Å². The molecule has 3 aromatic carbocycles. The Morgan fingerprint density at radius 1 is 0.853 bits per heavy atom. The van der Waals surface area contributed by atoms with Gasteiger partial charge in [0.25, 0.3) is 0 Å². The molecule has 9 heteroatoms. The molecule has 3 aromatic rings. The lowest BCUT2D eigenvalue weighted by Crippen LogP contribution is -2.32. The number of benzene rings is 3. The van der Waals surface area contributed by atoms with Crippen LogP contribution >= 0.6 is 0 Å². The molecular weight excluding hydrogens is 438 g/mol. The Kier molecular flexibility index (Phi) is 7.96. The monoisotopic (exact) mass is 461 g/mol. The van der Waals surface area contributed by atoms with Crippen molar-refractivity contribution in [2.75, 3.05) is 19.5 Å². The maximum Gasteiger partial charge on any atom is 0.343 e. The van der Waals surface area contributed by atoms with Gasteiger partial charge in [-0.05, 0) is 48.9 Å². The summed E-state index contributed by atoms with van der Waals surface area (Å²) in [5.74, 6) is -1.21. The van der Waals surface area contributed by atoms with Crippen molar-refractivity contribution in [2.24, 2.45) is 5.10 Å². The lowest BCUT2D eigenvalue weighted by Gasteiger charge is -2.10. The van der Waals surface area contributed by atoms with E-state index < -0.39 is 17.8 Å². The van der Waals surface area contributed by atoms with E-state index >= 15 is 0 Å². The fraction of sp³-hybridized carbons (Fsp3) is 0.120. The number of amides is 2. The molecule has 0 aliphatic heterocycles. The number of aryl methyl sites for hydroxylation is 1. The van der Waals surface area contributed by atoms with Crippen LogP contribution < -0.4 is 25.0 Å². The van der Waals surface area contributed by atoms with Crippen LogP contribution in [0.5, 0.6) is 17.2 Å². The van der Waals surface area contributed by atoms with E-state index in [1.165, 1.54) is 20.4 Å². The molecule has 2 amide bonds. The molecule has 0 spiro atoms. The van der Waals surface area contributed by atoms with Gasteiger partial charge in [0.1, 0.15) is 17.2 Å². The minimum atomic E-state index is -0.976. The predicted molar refractivity (Wildman–Crippen MR) is 126 cm³/mol. The second kappa shape index (κ2) is 11.3. The first-order valence-corrected chi connectivity index (χ1v) is 10.1. The van der Waals surface area contributed by atoms with Crippen LogP contribution in [0.25, 0.3) is 0 Å². The number of esters is 1. The molecule has 0 fully saturated rings. The van der Waals surface area contributed by atoms with Crippen LogP contribution in [0.3, 0.4) is 0 Å². The molecule has 0 aliphatic rings. The van der Waals surface area contributed by atoms with Crippen LogP contribution in [0.1, 0.15) is 21.5 Å². The first kappa shape index (κ1) is 24.0. The van der Waals surface area contributed by atoms with Crippen LogP contribution in [0.15, 0.2) is 71.8 Å². The van der Waals surface area contributed by atoms with E-state index in [1.54, 1.807) is 60.7 Å². The smallest absolute Gasteiger partial charge is 0.343 e. The molecule has 0 heterocycles. The van der Waals surface area contributed by atoms with Crippen molar-refractivity contribution in [2.45, 2.75) is 6.92 Å². The van der Waals surface area contributed by atoms with E-state index in [2.05, 4.69) is 15.8 Å². The van der Waals surface area contributed by atoms with Gasteiger partial charge in [-0.2, -0.15) is 5.10 Å². The van der Waals surface area contributed by atoms with E-state index in [0.717, 1.165) is 5.56 Å². The zero-order valence-corrected chi connectivity index (χ0v) is 18.8. The van der Waals surface area contributed by atoms with Gasteiger partial charge in [-0.25, -0.2) is 10.2 Å². The molecule has 0 radical (unpaired) electrons. The fourth-order valence-electron chi connectivity index (χ4n) is 2.89. The molecular formula is C25H23N3O6. The standard InChI is InChI=1S/C25H23N3O6/c1-16-6-4-8-18(12-16)25(31)34-20-9-5-7-17(13-20)15-26-28-24(30)23(29)27-21-11-10-19(32-2)14-22(21)33-3/h4-15H,1-3H3,(H,27,29)(H,28,30).